The number of fused-ring (bicyclic) bond motifs is 1. The SMILES string of the molecule is Cc1cc(C#N)cnc1C(=O)Nc1ccc(F)c([C@@]2(C)N=C(N)C(C)(C)[S@@]3(=O)=NCC(F)(F)C[C@H]23)n1. The number of pyridine rings is 2. The molecule has 0 saturated heterocycles. The van der Waals surface area contributed by atoms with E-state index in [4.69, 9.17) is 11.0 Å². The standard InChI is InChI=1S/C23H24F3N7O2S/c1-12-7-13(9-27)10-29-17(12)19(34)32-16-6-5-14(24)18(31-16)22(4)15-8-23(25,26)11-30-36(15,35)21(2,3)20(28)33-22/h5-7,10,15H,8,11H2,1-4H3,(H2,28,33)(H,31,32,34)/t15-,22+,36-/m1/s1. The van der Waals surface area contributed by atoms with E-state index in [-0.39, 0.29) is 22.9 Å². The van der Waals surface area contributed by atoms with E-state index in [0.717, 1.165) is 6.07 Å². The topological polar surface area (TPSA) is 146 Å². The molecule has 9 nitrogen and oxygen atoms in total. The fourth-order valence-corrected chi connectivity index (χ4v) is 7.68. The number of nitrogens with two attached hydrogens (primary N) is 1. The maximum atomic E-state index is 15.2. The highest BCUT2D eigenvalue weighted by Gasteiger charge is 2.60. The second-order valence-electron chi connectivity index (χ2n) is 9.54. The summed E-state index contributed by atoms with van der Waals surface area (Å²) < 4.78 is 60.8. The summed E-state index contributed by atoms with van der Waals surface area (Å²) in [5.74, 6) is -5.06. The Kier molecular flexibility index (Phi) is 5.87. The van der Waals surface area contributed by atoms with Crippen molar-refractivity contribution in [1.29, 1.82) is 5.26 Å². The van der Waals surface area contributed by atoms with Crippen LogP contribution in [0.25, 0.3) is 0 Å². The summed E-state index contributed by atoms with van der Waals surface area (Å²) in [6.07, 6.45) is 0.384. The molecule has 0 aromatic carbocycles. The molecule has 3 N–H and O–H groups in total. The Labute approximate surface area is 206 Å². The van der Waals surface area contributed by atoms with Crippen molar-refractivity contribution in [1.82, 2.24) is 9.97 Å². The number of aryl methyl sites for hydroxylation is 1. The van der Waals surface area contributed by atoms with Gasteiger partial charge in [-0.1, -0.05) is 0 Å². The average molecular weight is 520 g/mol. The molecule has 190 valence electrons. The minimum Gasteiger partial charge on any atom is -0.386 e. The van der Waals surface area contributed by atoms with Gasteiger partial charge in [-0.3, -0.25) is 9.79 Å². The van der Waals surface area contributed by atoms with Crippen LogP contribution in [0.5, 0.6) is 0 Å². The van der Waals surface area contributed by atoms with E-state index in [9.17, 15) is 17.8 Å². The van der Waals surface area contributed by atoms with Gasteiger partial charge in [-0.15, -0.1) is 0 Å². The molecule has 2 aromatic rings. The number of aliphatic imine (C=N–C) groups is 1. The first kappa shape index (κ1) is 25.6. The smallest absolute Gasteiger partial charge is 0.275 e. The Morgan fingerprint density at radius 1 is 1.31 bits per heavy atom. The molecule has 36 heavy (non-hydrogen) atoms. The molecule has 4 heterocycles. The number of amides is 1. The third-order valence-electron chi connectivity index (χ3n) is 6.67. The molecule has 2 aromatic heterocycles. The van der Waals surface area contributed by atoms with Gasteiger partial charge in [0.05, 0.1) is 20.5 Å². The van der Waals surface area contributed by atoms with Crippen LogP contribution in [0.1, 0.15) is 54.5 Å². The lowest BCUT2D eigenvalue weighted by atomic mass is 9.88. The molecule has 0 aliphatic carbocycles. The first-order valence-electron chi connectivity index (χ1n) is 10.9. The molecule has 0 spiro atoms. The van der Waals surface area contributed by atoms with Crippen LogP contribution in [-0.4, -0.2) is 48.4 Å². The minimum atomic E-state index is -3.44. The summed E-state index contributed by atoms with van der Waals surface area (Å²) in [4.78, 5) is 25.3. The van der Waals surface area contributed by atoms with Gasteiger partial charge >= 0.3 is 0 Å². The van der Waals surface area contributed by atoms with Crippen LogP contribution in [0, 0.1) is 24.1 Å². The molecular weight excluding hydrogens is 495 g/mol. The normalized spacial score (nSPS) is 28.2. The Morgan fingerprint density at radius 3 is 2.64 bits per heavy atom. The van der Waals surface area contributed by atoms with Crippen LogP contribution in [0.15, 0.2) is 33.8 Å². The van der Waals surface area contributed by atoms with Gasteiger partial charge in [0, 0.05) is 12.6 Å². The predicted molar refractivity (Wildman–Crippen MR) is 128 cm³/mol. The van der Waals surface area contributed by atoms with Crippen LogP contribution in [0.3, 0.4) is 0 Å². The van der Waals surface area contributed by atoms with Gasteiger partial charge in [0.2, 0.25) is 0 Å². The molecular formula is C23H24F3N7O2S. The number of rotatable bonds is 3. The summed E-state index contributed by atoms with van der Waals surface area (Å²) in [6.45, 7) is 5.04. The lowest BCUT2D eigenvalue weighted by Crippen LogP contribution is -2.62. The summed E-state index contributed by atoms with van der Waals surface area (Å²) in [5.41, 5.74) is 4.62. The van der Waals surface area contributed by atoms with E-state index in [1.54, 1.807) is 6.92 Å². The van der Waals surface area contributed by atoms with Gasteiger partial charge in [-0.2, -0.15) is 5.26 Å². The third-order valence-corrected chi connectivity index (χ3v) is 10.3. The molecule has 0 bridgehead atoms. The molecule has 2 aliphatic heterocycles. The highest BCUT2D eigenvalue weighted by atomic mass is 32.2. The number of carbonyl (C=O) groups excluding carboxylic acids is 1. The zero-order valence-electron chi connectivity index (χ0n) is 20.0. The van der Waals surface area contributed by atoms with Crippen molar-refractivity contribution in [3.63, 3.8) is 0 Å². The number of carbonyl (C=O) groups is 1. The number of nitrogens with one attached hydrogen (secondary N) is 1. The number of amidine groups is 1. The molecule has 0 fully saturated rings. The monoisotopic (exact) mass is 519 g/mol. The lowest BCUT2D eigenvalue weighted by molar-refractivity contribution is -0.00686. The molecule has 0 unspecified atom stereocenters. The van der Waals surface area contributed by atoms with E-state index >= 15 is 4.39 Å². The Hall–Kier alpha value is -3.53. The second-order valence-corrected chi connectivity index (χ2v) is 12.5. The number of aromatic nitrogens is 2. The zero-order valence-corrected chi connectivity index (χ0v) is 20.8. The highest BCUT2D eigenvalue weighted by molar-refractivity contribution is 7.96. The summed E-state index contributed by atoms with van der Waals surface area (Å²) in [6, 6.07) is 5.60. The Balaban J connectivity index is 1.80. The fraction of sp³-hybridized carbons (Fsp3) is 0.435. The van der Waals surface area contributed by atoms with E-state index < -0.39 is 61.6 Å². The van der Waals surface area contributed by atoms with E-state index in [1.807, 2.05) is 6.07 Å². The van der Waals surface area contributed by atoms with Crippen molar-refractivity contribution in [2.75, 3.05) is 11.9 Å². The quantitative estimate of drug-likeness (QED) is 0.636. The summed E-state index contributed by atoms with van der Waals surface area (Å²) in [5, 5.41) is 10.1. The largest absolute Gasteiger partial charge is 0.386 e. The van der Waals surface area contributed by atoms with Crippen molar-refractivity contribution in [2.45, 2.75) is 55.6 Å². The number of hydrogen-bond acceptors (Lipinski definition) is 8. The number of halogens is 3. The number of nitriles is 1. The zero-order chi connectivity index (χ0) is 26.7. The first-order valence-corrected chi connectivity index (χ1v) is 12.5. The molecule has 4 rings (SSSR count). The highest BCUT2D eigenvalue weighted by Crippen LogP contribution is 2.49. The fourth-order valence-electron chi connectivity index (χ4n) is 4.48. The lowest BCUT2D eigenvalue weighted by Gasteiger charge is -2.48. The first-order chi connectivity index (χ1) is 16.6. The predicted octanol–water partition coefficient (Wildman–Crippen LogP) is 3.29. The molecule has 2 aliphatic rings. The van der Waals surface area contributed by atoms with Gasteiger partial charge in [0.15, 0.2) is 0 Å². The van der Waals surface area contributed by atoms with Gasteiger partial charge in [0.25, 0.3) is 11.8 Å². The number of nitrogens with zero attached hydrogens (tertiary/aromatic N) is 5. The molecule has 3 atom stereocenters. The van der Waals surface area contributed by atoms with E-state index in [2.05, 4.69) is 24.6 Å². The molecule has 0 radical (unpaired) electrons. The average Bonchev–Trinajstić information content (AvgIpc) is 2.80. The van der Waals surface area contributed by atoms with Crippen LogP contribution < -0.4 is 11.1 Å². The molecule has 1 amide bonds. The van der Waals surface area contributed by atoms with Crippen molar-refractivity contribution in [3.05, 3.63) is 52.7 Å². The number of hydrogen-bond donors (Lipinski definition) is 2. The van der Waals surface area contributed by atoms with Crippen molar-refractivity contribution < 1.29 is 22.2 Å². The minimum absolute atomic E-state index is 0.0170. The third kappa shape index (κ3) is 3.89. The van der Waals surface area contributed by atoms with Crippen LogP contribution in [-0.2, 0) is 15.3 Å². The van der Waals surface area contributed by atoms with Crippen molar-refractivity contribution in [2.24, 2.45) is 15.1 Å². The van der Waals surface area contributed by atoms with E-state index in [1.165, 1.54) is 39.1 Å². The number of anilines is 1. The van der Waals surface area contributed by atoms with Gasteiger partial charge in [-0.25, -0.2) is 31.7 Å². The van der Waals surface area contributed by atoms with Gasteiger partial charge < -0.3 is 11.1 Å². The number of alkyl halides is 2. The van der Waals surface area contributed by atoms with E-state index in [0.29, 0.717) is 5.56 Å². The van der Waals surface area contributed by atoms with Gasteiger partial charge in [-0.05, 0) is 51.5 Å². The van der Waals surface area contributed by atoms with Crippen LogP contribution >= 0.6 is 0 Å². The van der Waals surface area contributed by atoms with Crippen LogP contribution in [0.2, 0.25) is 0 Å². The van der Waals surface area contributed by atoms with Crippen LogP contribution in [0.4, 0.5) is 19.0 Å². The Bertz CT molecular complexity index is 1470. The maximum Gasteiger partial charge on any atom is 0.275 e. The van der Waals surface area contributed by atoms with Crippen molar-refractivity contribution >= 4 is 27.3 Å². The Morgan fingerprint density at radius 2 is 2.00 bits per heavy atom. The van der Waals surface area contributed by atoms with Gasteiger partial charge in [0.1, 0.15) is 51.8 Å². The summed E-state index contributed by atoms with van der Waals surface area (Å²) in [7, 11) is -3.44. The molecule has 0 saturated carbocycles. The summed E-state index contributed by atoms with van der Waals surface area (Å²) >= 11 is 0. The second kappa shape index (κ2) is 8.26. The maximum absolute atomic E-state index is 15.2. The van der Waals surface area contributed by atoms with Crippen molar-refractivity contribution in [3.8, 4) is 6.07 Å². The molecule has 13 heteroatoms.